The quantitative estimate of drug-likeness (QED) is 0.241. The first-order valence-corrected chi connectivity index (χ1v) is 1.32. The summed E-state index contributed by atoms with van der Waals surface area (Å²) in [5.74, 6) is 0. The Morgan fingerprint density at radius 1 is 2.00 bits per heavy atom. The van der Waals surface area contributed by atoms with Gasteiger partial charge in [-0.2, -0.15) is 4.79 Å². The molecule has 0 aromatic rings. The van der Waals surface area contributed by atoms with Gasteiger partial charge in [0.15, 0.2) is 0 Å². The second kappa shape index (κ2) is 2.80. The SMILES string of the molecule is N=[N+]=NNC(=O)O. The first kappa shape index (κ1) is 5.58. The molecule has 0 bridgehead atoms. The first-order chi connectivity index (χ1) is 3.27. The van der Waals surface area contributed by atoms with Crippen LogP contribution in [0.1, 0.15) is 0 Å². The highest BCUT2D eigenvalue weighted by molar-refractivity contribution is 5.63. The highest BCUT2D eigenvalue weighted by Gasteiger charge is 1.95. The van der Waals surface area contributed by atoms with Crippen molar-refractivity contribution in [3.8, 4) is 0 Å². The van der Waals surface area contributed by atoms with Gasteiger partial charge in [0.25, 0.3) is 0 Å². The van der Waals surface area contributed by atoms with Crippen LogP contribution in [-0.4, -0.2) is 11.2 Å². The average molecular weight is 103 g/mol. The van der Waals surface area contributed by atoms with Crippen LogP contribution in [0.15, 0.2) is 5.22 Å². The number of hydrogen-bond acceptors (Lipinski definition) is 3. The Bertz CT molecular complexity index is 113. The summed E-state index contributed by atoms with van der Waals surface area (Å²) >= 11 is 0. The molecule has 0 aliphatic rings. The van der Waals surface area contributed by atoms with Crippen molar-refractivity contribution in [2.24, 2.45) is 5.22 Å². The summed E-state index contributed by atoms with van der Waals surface area (Å²) < 4.78 is 0. The Labute approximate surface area is 38.3 Å². The molecule has 6 heteroatoms. The monoisotopic (exact) mass is 103 g/mol. The molecule has 0 aromatic carbocycles. The highest BCUT2D eigenvalue weighted by atomic mass is 16.4. The number of carbonyl (C=O) groups is 1. The standard InChI is InChI=1S/CH2N4O2/c2-4-5-3-1(6)7/h2H,(H,6,7)/p+1. The van der Waals surface area contributed by atoms with Crippen LogP contribution in [0, 0.1) is 5.53 Å². The molecule has 1 amide bonds. The summed E-state index contributed by atoms with van der Waals surface area (Å²) in [5.41, 5.74) is 7.41. The Hall–Kier alpha value is -1.42. The molecular weight excluding hydrogens is 100 g/mol. The summed E-state index contributed by atoms with van der Waals surface area (Å²) in [6.07, 6.45) is -1.32. The van der Waals surface area contributed by atoms with Crippen molar-refractivity contribution < 1.29 is 9.90 Å². The van der Waals surface area contributed by atoms with Crippen molar-refractivity contribution in [2.45, 2.75) is 0 Å². The van der Waals surface area contributed by atoms with Crippen molar-refractivity contribution in [3.05, 3.63) is 0 Å². The fraction of sp³-hybridized carbons (Fsp3) is 0. The van der Waals surface area contributed by atoms with Gasteiger partial charge in [0.2, 0.25) is 5.22 Å². The van der Waals surface area contributed by atoms with E-state index < -0.39 is 6.09 Å². The van der Waals surface area contributed by atoms with Crippen LogP contribution >= 0.6 is 0 Å². The van der Waals surface area contributed by atoms with Gasteiger partial charge in [-0.15, -0.1) is 0 Å². The smallest absolute Gasteiger partial charge is 0.445 e. The van der Waals surface area contributed by atoms with Crippen LogP contribution in [0.25, 0.3) is 0 Å². The molecule has 0 aliphatic carbocycles. The fourth-order valence-corrected chi connectivity index (χ4v) is 0.0678. The lowest BCUT2D eigenvalue weighted by atomic mass is 11.3. The fourth-order valence-electron chi connectivity index (χ4n) is 0.0678. The van der Waals surface area contributed by atoms with Gasteiger partial charge in [0.05, 0.1) is 4.91 Å². The minimum atomic E-state index is -1.32. The van der Waals surface area contributed by atoms with E-state index in [1.807, 2.05) is 0 Å². The van der Waals surface area contributed by atoms with E-state index >= 15 is 0 Å². The third-order valence-electron chi connectivity index (χ3n) is 0.196. The van der Waals surface area contributed by atoms with Gasteiger partial charge >= 0.3 is 6.09 Å². The van der Waals surface area contributed by atoms with E-state index in [1.165, 1.54) is 5.43 Å². The molecule has 0 unspecified atom stereocenters. The van der Waals surface area contributed by atoms with Gasteiger partial charge in [0.1, 0.15) is 0 Å². The minimum absolute atomic E-state index is 1.32. The average Bonchev–Trinajstić information content (AvgIpc) is 1.61. The number of hydrogen-bond donors (Lipinski definition) is 3. The van der Waals surface area contributed by atoms with E-state index in [1.54, 1.807) is 0 Å². The Balaban J connectivity index is 3.32. The summed E-state index contributed by atoms with van der Waals surface area (Å²) in [5, 5.41) is 10.3. The van der Waals surface area contributed by atoms with Crippen molar-refractivity contribution in [1.82, 2.24) is 10.3 Å². The molecule has 0 atom stereocenters. The lowest BCUT2D eigenvalue weighted by Gasteiger charge is -1.67. The molecule has 0 radical (unpaired) electrons. The molecule has 0 aliphatic heterocycles. The van der Waals surface area contributed by atoms with E-state index in [4.69, 9.17) is 10.6 Å². The Kier molecular flexibility index (Phi) is 2.23. The zero-order valence-corrected chi connectivity index (χ0v) is 3.25. The van der Waals surface area contributed by atoms with Crippen LogP contribution in [0.4, 0.5) is 4.79 Å². The lowest BCUT2D eigenvalue weighted by molar-refractivity contribution is 0.194. The molecule has 0 rings (SSSR count). The van der Waals surface area contributed by atoms with Gasteiger partial charge < -0.3 is 5.11 Å². The molecular formula is CH3N4O2+. The maximum absolute atomic E-state index is 9.41. The molecule has 0 fully saturated rings. The predicted molar refractivity (Wildman–Crippen MR) is 18.4 cm³/mol. The summed E-state index contributed by atoms with van der Waals surface area (Å²) in [6.45, 7) is 0. The second-order valence-corrected chi connectivity index (χ2v) is 0.617. The largest absolute Gasteiger partial charge is 0.523 e. The summed E-state index contributed by atoms with van der Waals surface area (Å²) in [4.78, 5) is 11.8. The molecule has 3 N–H and O–H groups in total. The number of nitrogens with one attached hydrogen (secondary N) is 2. The van der Waals surface area contributed by atoms with Crippen LogP contribution < -0.4 is 10.3 Å². The van der Waals surface area contributed by atoms with Crippen molar-refractivity contribution in [1.29, 1.82) is 5.53 Å². The maximum atomic E-state index is 9.41. The summed E-state index contributed by atoms with van der Waals surface area (Å²) in [7, 11) is 0. The zero-order valence-electron chi connectivity index (χ0n) is 3.25. The van der Waals surface area contributed by atoms with Gasteiger partial charge in [-0.3, -0.25) is 0 Å². The number of carboxylic acid groups (broad SMARTS) is 1. The minimum Gasteiger partial charge on any atom is -0.445 e. The van der Waals surface area contributed by atoms with E-state index in [0.717, 1.165) is 0 Å². The topological polar surface area (TPSA) is 99.6 Å². The number of amides is 1. The molecule has 6 nitrogen and oxygen atoms in total. The number of rotatable bonds is 1. The van der Waals surface area contributed by atoms with Crippen LogP contribution in [0.5, 0.6) is 0 Å². The van der Waals surface area contributed by atoms with Crippen molar-refractivity contribution in [3.63, 3.8) is 0 Å². The lowest BCUT2D eigenvalue weighted by Crippen LogP contribution is -2.12. The van der Waals surface area contributed by atoms with E-state index in [-0.39, 0.29) is 0 Å². The van der Waals surface area contributed by atoms with Crippen LogP contribution in [-0.2, 0) is 0 Å². The van der Waals surface area contributed by atoms with Gasteiger partial charge in [-0.1, -0.05) is 5.43 Å². The molecule has 0 aromatic heterocycles. The maximum Gasteiger partial charge on any atom is 0.523 e. The second-order valence-electron chi connectivity index (χ2n) is 0.617. The van der Waals surface area contributed by atoms with E-state index in [2.05, 4.69) is 10.1 Å². The number of nitrogens with zero attached hydrogens (tertiary/aromatic N) is 2. The van der Waals surface area contributed by atoms with E-state index in [0.29, 0.717) is 0 Å². The molecule has 7 heavy (non-hydrogen) atoms. The summed E-state index contributed by atoms with van der Waals surface area (Å²) in [6, 6.07) is 0. The molecule has 0 saturated carbocycles. The van der Waals surface area contributed by atoms with Gasteiger partial charge in [-0.05, 0) is 5.53 Å². The molecule has 0 spiro atoms. The third-order valence-corrected chi connectivity index (χ3v) is 0.196. The predicted octanol–water partition coefficient (Wildman–Crippen LogP) is -0.281. The zero-order chi connectivity index (χ0) is 5.70. The van der Waals surface area contributed by atoms with Crippen LogP contribution in [0.3, 0.4) is 0 Å². The molecule has 0 saturated heterocycles. The Morgan fingerprint density at radius 2 is 2.57 bits per heavy atom. The third kappa shape index (κ3) is 4.58. The normalized spacial score (nSPS) is 6.29. The molecule has 0 heterocycles. The highest BCUT2D eigenvalue weighted by Crippen LogP contribution is 1.53. The van der Waals surface area contributed by atoms with Gasteiger partial charge in [0, 0.05) is 0 Å². The van der Waals surface area contributed by atoms with Crippen molar-refractivity contribution in [2.75, 3.05) is 0 Å². The Morgan fingerprint density at radius 3 is 2.71 bits per heavy atom. The van der Waals surface area contributed by atoms with Crippen LogP contribution in [0.2, 0.25) is 0 Å². The van der Waals surface area contributed by atoms with E-state index in [9.17, 15) is 4.79 Å². The first-order valence-electron chi connectivity index (χ1n) is 1.32. The van der Waals surface area contributed by atoms with Crippen molar-refractivity contribution >= 4 is 6.09 Å². The van der Waals surface area contributed by atoms with Gasteiger partial charge in [-0.25, -0.2) is 0 Å². The molecule has 38 valence electrons.